The van der Waals surface area contributed by atoms with Crippen molar-refractivity contribution in [1.82, 2.24) is 0 Å². The van der Waals surface area contributed by atoms with E-state index in [1.54, 1.807) is 0 Å². The Hall–Kier alpha value is -2.93. The SMILES string of the molecule is CC(C)(C)[Si](c1ccccc1)(c1ccccc1)C(O)[C@@H](O)[C@@H](O)[C@H](O)[C@H](O)C(O)[Si](c1ccccc1)(c1ccccc1)C(C)(C)C. The van der Waals surface area contributed by atoms with Gasteiger partial charge in [0.2, 0.25) is 0 Å². The number of hydrogen-bond donors (Lipinski definition) is 6. The summed E-state index contributed by atoms with van der Waals surface area (Å²) in [6.07, 6.45) is -7.64. The maximum absolute atomic E-state index is 12.3. The molecular formula is C38H50O6Si2. The molecule has 8 heteroatoms. The van der Waals surface area contributed by atoms with Crippen LogP contribution in [0.5, 0.6) is 0 Å². The molecule has 0 fully saturated rings. The lowest BCUT2D eigenvalue weighted by atomic mass is 10.0. The van der Waals surface area contributed by atoms with Crippen LogP contribution in [0.2, 0.25) is 10.1 Å². The van der Waals surface area contributed by atoms with Crippen molar-refractivity contribution < 1.29 is 30.6 Å². The molecule has 0 bridgehead atoms. The van der Waals surface area contributed by atoms with Gasteiger partial charge in [0.1, 0.15) is 24.4 Å². The van der Waals surface area contributed by atoms with Crippen molar-refractivity contribution in [3.05, 3.63) is 121 Å². The lowest BCUT2D eigenvalue weighted by molar-refractivity contribution is -0.136. The molecule has 0 radical (unpaired) electrons. The molecule has 0 spiro atoms. The normalized spacial score (nSPS) is 17.0. The van der Waals surface area contributed by atoms with Gasteiger partial charge in [0.05, 0.1) is 11.5 Å². The smallest absolute Gasteiger partial charge is 0.157 e. The summed E-state index contributed by atoms with van der Waals surface area (Å²) in [6, 6.07) is 38.2. The Bertz CT molecular complexity index is 1310. The molecule has 6 atom stereocenters. The van der Waals surface area contributed by atoms with Crippen LogP contribution in [0.25, 0.3) is 0 Å². The third-order valence-electron chi connectivity index (χ3n) is 9.87. The lowest BCUT2D eigenvalue weighted by Gasteiger charge is -2.50. The van der Waals surface area contributed by atoms with Gasteiger partial charge in [0.15, 0.2) is 16.1 Å². The third kappa shape index (κ3) is 6.21. The topological polar surface area (TPSA) is 121 Å². The van der Waals surface area contributed by atoms with E-state index in [0.29, 0.717) is 0 Å². The molecule has 6 nitrogen and oxygen atoms in total. The Morgan fingerprint density at radius 2 is 0.543 bits per heavy atom. The van der Waals surface area contributed by atoms with Gasteiger partial charge in [-0.2, -0.15) is 0 Å². The quantitative estimate of drug-likeness (QED) is 0.138. The lowest BCUT2D eigenvalue weighted by Crippen LogP contribution is -2.77. The first kappa shape index (κ1) is 35.9. The molecule has 2 unspecified atom stereocenters. The van der Waals surface area contributed by atoms with Crippen molar-refractivity contribution in [2.75, 3.05) is 0 Å². The van der Waals surface area contributed by atoms with Crippen LogP contribution in [0.15, 0.2) is 121 Å². The van der Waals surface area contributed by atoms with E-state index in [4.69, 9.17) is 0 Å². The minimum atomic E-state index is -3.36. The Kier molecular flexibility index (Phi) is 11.0. The zero-order chi connectivity index (χ0) is 33.9. The van der Waals surface area contributed by atoms with Crippen LogP contribution >= 0.6 is 0 Å². The molecule has 0 aliphatic rings. The molecule has 0 amide bonds. The molecule has 4 rings (SSSR count). The predicted octanol–water partition coefficient (Wildman–Crippen LogP) is 2.36. The maximum atomic E-state index is 12.3. The Labute approximate surface area is 275 Å². The minimum absolute atomic E-state index is 0.562. The third-order valence-corrected chi connectivity index (χ3v) is 22.0. The van der Waals surface area contributed by atoms with Crippen molar-refractivity contribution in [3.8, 4) is 0 Å². The van der Waals surface area contributed by atoms with Gasteiger partial charge in [-0.15, -0.1) is 0 Å². The first-order valence-electron chi connectivity index (χ1n) is 15.9. The first-order valence-corrected chi connectivity index (χ1v) is 20.1. The van der Waals surface area contributed by atoms with E-state index >= 15 is 0 Å². The van der Waals surface area contributed by atoms with Crippen LogP contribution in [-0.4, -0.2) is 82.7 Å². The Balaban J connectivity index is 1.80. The van der Waals surface area contributed by atoms with E-state index in [2.05, 4.69) is 0 Å². The van der Waals surface area contributed by atoms with Crippen LogP contribution < -0.4 is 20.7 Å². The highest BCUT2D eigenvalue weighted by Crippen LogP contribution is 2.41. The van der Waals surface area contributed by atoms with E-state index in [9.17, 15) is 30.6 Å². The largest absolute Gasteiger partial charge is 0.393 e. The molecule has 0 heterocycles. The summed E-state index contributed by atoms with van der Waals surface area (Å²) in [6.45, 7) is 12.1. The van der Waals surface area contributed by atoms with Crippen LogP contribution in [-0.2, 0) is 0 Å². The maximum Gasteiger partial charge on any atom is 0.157 e. The molecule has 0 aromatic heterocycles. The molecule has 6 N–H and O–H groups in total. The second-order valence-electron chi connectivity index (χ2n) is 14.4. The Morgan fingerprint density at radius 3 is 0.717 bits per heavy atom. The molecule has 0 aliphatic heterocycles. The molecule has 4 aromatic rings. The van der Waals surface area contributed by atoms with Crippen molar-refractivity contribution in [3.63, 3.8) is 0 Å². The van der Waals surface area contributed by atoms with Gasteiger partial charge >= 0.3 is 0 Å². The van der Waals surface area contributed by atoms with Crippen molar-refractivity contribution in [1.29, 1.82) is 0 Å². The monoisotopic (exact) mass is 658 g/mol. The number of benzene rings is 4. The first-order chi connectivity index (χ1) is 21.6. The van der Waals surface area contributed by atoms with Gasteiger partial charge in [-0.05, 0) is 10.1 Å². The van der Waals surface area contributed by atoms with Crippen LogP contribution in [0, 0.1) is 0 Å². The average molecular weight is 659 g/mol. The summed E-state index contributed by atoms with van der Waals surface area (Å²) in [5.41, 5.74) is -2.97. The van der Waals surface area contributed by atoms with Crippen LogP contribution in [0.1, 0.15) is 41.5 Å². The average Bonchev–Trinajstić information content (AvgIpc) is 3.04. The number of aliphatic hydroxyl groups excluding tert-OH is 6. The van der Waals surface area contributed by atoms with Crippen molar-refractivity contribution >= 4 is 36.9 Å². The fourth-order valence-corrected chi connectivity index (χ4v) is 19.3. The van der Waals surface area contributed by atoms with Gasteiger partial charge in [0.25, 0.3) is 0 Å². The van der Waals surface area contributed by atoms with E-state index in [0.717, 1.165) is 20.7 Å². The van der Waals surface area contributed by atoms with E-state index in [1.165, 1.54) is 0 Å². The fraction of sp³-hybridized carbons (Fsp3) is 0.368. The second-order valence-corrected chi connectivity index (χ2v) is 24.2. The van der Waals surface area contributed by atoms with Crippen molar-refractivity contribution in [2.24, 2.45) is 0 Å². The molecule has 0 aliphatic carbocycles. The van der Waals surface area contributed by atoms with Gasteiger partial charge in [0, 0.05) is 0 Å². The summed E-state index contributed by atoms with van der Waals surface area (Å²) in [5.74, 6) is 0. The highest BCUT2D eigenvalue weighted by atomic mass is 28.3. The summed E-state index contributed by atoms with van der Waals surface area (Å²) in [5, 5.41) is 73.7. The molecule has 46 heavy (non-hydrogen) atoms. The molecule has 246 valence electrons. The van der Waals surface area contributed by atoms with E-state index < -0.39 is 62.1 Å². The highest BCUT2D eigenvalue weighted by Gasteiger charge is 2.59. The van der Waals surface area contributed by atoms with E-state index in [-0.39, 0.29) is 0 Å². The number of rotatable bonds is 11. The zero-order valence-electron chi connectivity index (χ0n) is 27.7. The minimum Gasteiger partial charge on any atom is -0.393 e. The van der Waals surface area contributed by atoms with Gasteiger partial charge in [-0.3, -0.25) is 0 Å². The highest BCUT2D eigenvalue weighted by molar-refractivity contribution is 7.05. The number of aliphatic hydroxyl groups is 6. The summed E-state index contributed by atoms with van der Waals surface area (Å²) in [7, 11) is -6.72. The van der Waals surface area contributed by atoms with Crippen molar-refractivity contribution in [2.45, 2.75) is 87.5 Å². The summed E-state index contributed by atoms with van der Waals surface area (Å²) in [4.78, 5) is 0. The fourth-order valence-electron chi connectivity index (χ4n) is 7.73. The van der Waals surface area contributed by atoms with E-state index in [1.807, 2.05) is 163 Å². The standard InChI is InChI=1S/C38H50O6Si2/c1-37(2,3)45(27-19-11-7-12-20-27,28-21-13-8-14-22-28)35(43)33(41)31(39)32(40)34(42)36(44)46(38(4,5)6,29-23-15-9-16-24-29)30-25-17-10-18-26-30/h7-26,31-36,39-44H,1-6H3/t31-,32-,33-,34-,35?,36?/m0/s1. The van der Waals surface area contributed by atoms with Gasteiger partial charge in [-0.25, -0.2) is 0 Å². The Morgan fingerprint density at radius 1 is 0.348 bits per heavy atom. The summed E-state index contributed by atoms with van der Waals surface area (Å²) >= 11 is 0. The summed E-state index contributed by atoms with van der Waals surface area (Å²) < 4.78 is 0. The molecule has 4 aromatic carbocycles. The molecular weight excluding hydrogens is 609 g/mol. The zero-order valence-corrected chi connectivity index (χ0v) is 29.7. The van der Waals surface area contributed by atoms with Gasteiger partial charge in [-0.1, -0.05) is 184 Å². The molecule has 0 saturated heterocycles. The second kappa shape index (κ2) is 14.1. The van der Waals surface area contributed by atoms with Crippen LogP contribution in [0.4, 0.5) is 0 Å². The molecule has 0 saturated carbocycles. The number of hydrogen-bond acceptors (Lipinski definition) is 6. The predicted molar refractivity (Wildman–Crippen MR) is 191 cm³/mol. The van der Waals surface area contributed by atoms with Crippen LogP contribution in [0.3, 0.4) is 0 Å². The van der Waals surface area contributed by atoms with Gasteiger partial charge < -0.3 is 30.6 Å².